The molecule has 2 aliphatic rings. The molecule has 2 fully saturated rings. The lowest BCUT2D eigenvalue weighted by Gasteiger charge is -2.35. The number of carbonyl (C=O) groups is 1. The van der Waals surface area contributed by atoms with E-state index in [4.69, 9.17) is 10.5 Å². The second-order valence-corrected chi connectivity index (χ2v) is 9.32. The number of nitrogens with two attached hydrogens (primary N) is 1. The van der Waals surface area contributed by atoms with Crippen LogP contribution in [0.1, 0.15) is 32.9 Å². The fourth-order valence-electron chi connectivity index (χ4n) is 4.48. The Hall–Kier alpha value is -3.36. The molecule has 2 N–H and O–H groups in total. The van der Waals surface area contributed by atoms with Gasteiger partial charge in [-0.15, -0.1) is 5.10 Å². The number of amides is 1. The fourth-order valence-corrected chi connectivity index (χ4v) is 4.48. The van der Waals surface area contributed by atoms with E-state index in [1.807, 2.05) is 56.9 Å². The van der Waals surface area contributed by atoms with Gasteiger partial charge in [-0.1, -0.05) is 0 Å². The van der Waals surface area contributed by atoms with E-state index in [2.05, 4.69) is 20.0 Å². The quantitative estimate of drug-likeness (QED) is 0.679. The molecule has 0 aliphatic carbocycles. The average molecular weight is 422 g/mol. The highest BCUT2D eigenvalue weighted by atomic mass is 16.6. The number of piperazine rings is 1. The number of hydrogen-bond acceptors (Lipinski definition) is 7. The number of pyridine rings is 2. The zero-order chi connectivity index (χ0) is 21.9. The minimum atomic E-state index is -0.491. The van der Waals surface area contributed by atoms with Gasteiger partial charge in [-0.05, 0) is 52.3 Å². The van der Waals surface area contributed by atoms with Crippen LogP contribution in [-0.2, 0) is 4.74 Å². The minimum Gasteiger partial charge on any atom is -0.444 e. The molecule has 0 saturated carbocycles. The Bertz CT molecular complexity index is 1170. The van der Waals surface area contributed by atoms with Gasteiger partial charge >= 0.3 is 6.09 Å². The number of anilines is 2. The van der Waals surface area contributed by atoms with Crippen LogP contribution in [0.2, 0.25) is 0 Å². The van der Waals surface area contributed by atoms with Gasteiger partial charge in [-0.25, -0.2) is 19.4 Å². The first kappa shape index (κ1) is 19.6. The lowest BCUT2D eigenvalue weighted by molar-refractivity contribution is 0.0214. The van der Waals surface area contributed by atoms with Crippen molar-refractivity contribution in [2.45, 2.75) is 51.8 Å². The fraction of sp³-hybridized carbons (Fsp3) is 0.455. The zero-order valence-corrected chi connectivity index (χ0v) is 18.2. The van der Waals surface area contributed by atoms with Crippen molar-refractivity contribution < 1.29 is 9.53 Å². The molecule has 2 atom stereocenters. The van der Waals surface area contributed by atoms with Crippen LogP contribution in [0.25, 0.3) is 16.7 Å². The number of likely N-dealkylation sites (tertiary alicyclic amines) is 1. The van der Waals surface area contributed by atoms with Crippen LogP contribution in [0.15, 0.2) is 30.5 Å². The van der Waals surface area contributed by atoms with Gasteiger partial charge in [0.1, 0.15) is 11.4 Å². The maximum Gasteiger partial charge on any atom is 0.410 e. The Labute approximate surface area is 180 Å². The van der Waals surface area contributed by atoms with E-state index < -0.39 is 5.60 Å². The van der Waals surface area contributed by atoms with Gasteiger partial charge in [0.05, 0.1) is 23.2 Å². The van der Waals surface area contributed by atoms with Crippen LogP contribution in [0, 0.1) is 6.92 Å². The first-order chi connectivity index (χ1) is 14.7. The normalized spacial score (nSPS) is 20.6. The largest absolute Gasteiger partial charge is 0.444 e. The summed E-state index contributed by atoms with van der Waals surface area (Å²) < 4.78 is 7.34. The molecule has 162 valence electrons. The van der Waals surface area contributed by atoms with Crippen molar-refractivity contribution in [2.75, 3.05) is 23.7 Å². The summed E-state index contributed by atoms with van der Waals surface area (Å²) in [6.07, 6.45) is 2.46. The monoisotopic (exact) mass is 421 g/mol. The Balaban J connectivity index is 1.40. The number of nitrogen functional groups attached to an aromatic ring is 1. The Morgan fingerprint density at radius 2 is 2.00 bits per heavy atom. The van der Waals surface area contributed by atoms with Crippen molar-refractivity contribution >= 4 is 28.8 Å². The highest BCUT2D eigenvalue weighted by Gasteiger charge is 2.47. The van der Waals surface area contributed by atoms with Crippen molar-refractivity contribution in [3.63, 3.8) is 0 Å². The molecular weight excluding hydrogens is 394 g/mol. The third kappa shape index (κ3) is 3.43. The lowest BCUT2D eigenvalue weighted by Crippen LogP contribution is -2.50. The number of ether oxygens (including phenoxy) is 1. The molecule has 0 aromatic carbocycles. The zero-order valence-electron chi connectivity index (χ0n) is 18.2. The maximum atomic E-state index is 12.5. The summed E-state index contributed by atoms with van der Waals surface area (Å²) in [5.41, 5.74) is 8.12. The first-order valence-corrected chi connectivity index (χ1v) is 10.5. The number of fused-ring (bicyclic) bond motifs is 3. The summed E-state index contributed by atoms with van der Waals surface area (Å²) in [7, 11) is 0. The molecule has 3 aromatic heterocycles. The molecule has 2 bridgehead atoms. The molecule has 0 radical (unpaired) electrons. The van der Waals surface area contributed by atoms with Gasteiger partial charge in [0.15, 0.2) is 11.5 Å². The predicted octanol–water partition coefficient (Wildman–Crippen LogP) is 2.90. The van der Waals surface area contributed by atoms with Crippen molar-refractivity contribution in [1.29, 1.82) is 0 Å². The van der Waals surface area contributed by atoms with Gasteiger partial charge in [-0.3, -0.25) is 0 Å². The molecule has 2 saturated heterocycles. The van der Waals surface area contributed by atoms with Gasteiger partial charge in [0, 0.05) is 31.0 Å². The molecule has 5 rings (SSSR count). The average Bonchev–Trinajstić information content (AvgIpc) is 3.39. The molecule has 31 heavy (non-hydrogen) atoms. The Morgan fingerprint density at radius 1 is 1.19 bits per heavy atom. The first-order valence-electron chi connectivity index (χ1n) is 10.5. The number of hydrogen-bond donors (Lipinski definition) is 1. The summed E-state index contributed by atoms with van der Waals surface area (Å²) in [6, 6.07) is 8.15. The number of rotatable bonds is 2. The second-order valence-electron chi connectivity index (χ2n) is 9.32. The molecule has 3 aromatic rings. The summed E-state index contributed by atoms with van der Waals surface area (Å²) >= 11 is 0. The summed E-state index contributed by atoms with van der Waals surface area (Å²) in [6.45, 7) is 9.00. The van der Waals surface area contributed by atoms with E-state index in [-0.39, 0.29) is 18.2 Å². The number of aromatic nitrogens is 4. The molecule has 0 spiro atoms. The van der Waals surface area contributed by atoms with Crippen molar-refractivity contribution in [1.82, 2.24) is 24.6 Å². The van der Waals surface area contributed by atoms with E-state index in [0.717, 1.165) is 41.2 Å². The molecule has 2 aliphatic heterocycles. The predicted molar refractivity (Wildman–Crippen MR) is 118 cm³/mol. The Morgan fingerprint density at radius 3 is 2.71 bits per heavy atom. The third-order valence-electron chi connectivity index (χ3n) is 5.84. The SMILES string of the molecule is Cc1ccc2c(N)nn(-c3ccnc(N4C[C@@H]5C[C@H]4CN5C(=O)OC(C)(C)C)c3)c2n1. The second kappa shape index (κ2) is 6.83. The topological polar surface area (TPSA) is 102 Å². The number of nitrogens with zero attached hydrogens (tertiary/aromatic N) is 6. The molecule has 0 unspecified atom stereocenters. The van der Waals surface area contributed by atoms with E-state index in [1.165, 1.54) is 0 Å². The summed E-state index contributed by atoms with van der Waals surface area (Å²) in [4.78, 5) is 25.9. The standard InChI is InChI=1S/C22H27N7O2/c1-13-5-6-17-19(23)26-29(20(17)25-13)14-7-8-24-18(10-14)27-11-16-9-15(27)12-28(16)21(30)31-22(2,3)4/h5-8,10,15-16H,9,11-12H2,1-4H3,(H2,23,26)/t15-,16-/m0/s1. The highest BCUT2D eigenvalue weighted by Crippen LogP contribution is 2.35. The minimum absolute atomic E-state index is 0.135. The van der Waals surface area contributed by atoms with Crippen molar-refractivity contribution in [2.24, 2.45) is 0 Å². The van der Waals surface area contributed by atoms with Gasteiger partial charge in [-0.2, -0.15) is 0 Å². The van der Waals surface area contributed by atoms with Crippen LogP contribution < -0.4 is 10.6 Å². The van der Waals surface area contributed by atoms with E-state index in [9.17, 15) is 4.79 Å². The van der Waals surface area contributed by atoms with Crippen LogP contribution in [-0.4, -0.2) is 61.5 Å². The molecule has 1 amide bonds. The number of carbonyl (C=O) groups excluding carboxylic acids is 1. The van der Waals surface area contributed by atoms with E-state index in [0.29, 0.717) is 12.4 Å². The van der Waals surface area contributed by atoms with E-state index in [1.54, 1.807) is 10.9 Å². The number of aryl methyl sites for hydroxylation is 1. The molecule has 9 heteroatoms. The summed E-state index contributed by atoms with van der Waals surface area (Å²) in [5.74, 6) is 1.32. The highest BCUT2D eigenvalue weighted by molar-refractivity contribution is 5.87. The lowest BCUT2D eigenvalue weighted by atomic mass is 10.2. The smallest absolute Gasteiger partial charge is 0.410 e. The third-order valence-corrected chi connectivity index (χ3v) is 5.84. The summed E-state index contributed by atoms with van der Waals surface area (Å²) in [5, 5.41) is 5.33. The molecule has 5 heterocycles. The van der Waals surface area contributed by atoms with Crippen LogP contribution in [0.4, 0.5) is 16.4 Å². The Kier molecular flexibility index (Phi) is 4.32. The van der Waals surface area contributed by atoms with Gasteiger partial charge in [0.2, 0.25) is 0 Å². The van der Waals surface area contributed by atoms with Crippen LogP contribution >= 0.6 is 0 Å². The molecule has 9 nitrogen and oxygen atoms in total. The van der Waals surface area contributed by atoms with Gasteiger partial charge < -0.3 is 20.3 Å². The maximum absolute atomic E-state index is 12.5. The van der Waals surface area contributed by atoms with Crippen molar-refractivity contribution in [3.8, 4) is 5.69 Å². The van der Waals surface area contributed by atoms with Crippen molar-refractivity contribution in [3.05, 3.63) is 36.2 Å². The molecular formula is C22H27N7O2. The van der Waals surface area contributed by atoms with E-state index >= 15 is 0 Å². The van der Waals surface area contributed by atoms with Crippen LogP contribution in [0.5, 0.6) is 0 Å². The van der Waals surface area contributed by atoms with Crippen LogP contribution in [0.3, 0.4) is 0 Å². The van der Waals surface area contributed by atoms with Gasteiger partial charge in [0.25, 0.3) is 0 Å².